The molecule has 1 amide bonds. The molecule has 0 aliphatic carbocycles. The monoisotopic (exact) mass is 554 g/mol. The third kappa shape index (κ3) is 5.96. The van der Waals surface area contributed by atoms with E-state index >= 15 is 0 Å². The van der Waals surface area contributed by atoms with Crippen LogP contribution in [0.1, 0.15) is 41.9 Å². The van der Waals surface area contributed by atoms with E-state index in [0.717, 1.165) is 64.9 Å². The van der Waals surface area contributed by atoms with Gasteiger partial charge in [-0.15, -0.1) is 0 Å². The van der Waals surface area contributed by atoms with Crippen LogP contribution in [0.2, 0.25) is 0 Å². The number of nitrogens with one attached hydrogen (secondary N) is 1. The molecule has 0 bridgehead atoms. The lowest BCUT2D eigenvalue weighted by molar-refractivity contribution is -0.00545. The molecule has 40 heavy (non-hydrogen) atoms. The van der Waals surface area contributed by atoms with Crippen molar-refractivity contribution in [2.45, 2.75) is 50.8 Å². The molecule has 5 heterocycles. The molecule has 3 aromatic heterocycles. The van der Waals surface area contributed by atoms with E-state index in [0.29, 0.717) is 12.1 Å². The van der Waals surface area contributed by atoms with Gasteiger partial charge in [-0.1, -0.05) is 12.1 Å². The standard InChI is InChI=1S/C31H34N6O2S/c1-20-8-9-23(14-29(20)40-37-12-5-13-37)31(38)33-17-25-15-28-24(16-32-25)10-11-27(34-28)26-6-4-7-30(35-26)36-18-21(2)39-22(3)19-36/h4,6-11,14-16,21-22H,5,12-13,17-19H2,1-3H3,(H,33,38). The Morgan fingerprint density at radius 3 is 2.60 bits per heavy atom. The fourth-order valence-electron chi connectivity index (χ4n) is 5.03. The molecule has 2 aliphatic rings. The highest BCUT2D eigenvalue weighted by molar-refractivity contribution is 7.97. The SMILES string of the molecule is Cc1ccc(C(=O)NCc2cc3nc(-c4cccc(N5CC(C)OC(C)C5)n4)ccc3cn2)cc1SN1CCC1. The van der Waals surface area contributed by atoms with Crippen molar-refractivity contribution in [2.75, 3.05) is 31.1 Å². The van der Waals surface area contributed by atoms with E-state index in [4.69, 9.17) is 14.7 Å². The number of aromatic nitrogens is 3. The van der Waals surface area contributed by atoms with Gasteiger partial charge in [-0.05, 0) is 87.2 Å². The maximum absolute atomic E-state index is 13.0. The average Bonchev–Trinajstić information content (AvgIpc) is 2.93. The first kappa shape index (κ1) is 26.7. The molecule has 4 aromatic rings. The van der Waals surface area contributed by atoms with Crippen LogP contribution in [0.5, 0.6) is 0 Å². The van der Waals surface area contributed by atoms with Gasteiger partial charge in [0.15, 0.2) is 0 Å². The van der Waals surface area contributed by atoms with Gasteiger partial charge in [0, 0.05) is 48.2 Å². The predicted molar refractivity (Wildman–Crippen MR) is 159 cm³/mol. The van der Waals surface area contributed by atoms with Gasteiger partial charge in [-0.2, -0.15) is 0 Å². The average molecular weight is 555 g/mol. The summed E-state index contributed by atoms with van der Waals surface area (Å²) in [6.07, 6.45) is 3.37. The van der Waals surface area contributed by atoms with Gasteiger partial charge >= 0.3 is 0 Å². The first-order valence-electron chi connectivity index (χ1n) is 13.9. The van der Waals surface area contributed by atoms with Crippen LogP contribution in [0.25, 0.3) is 22.3 Å². The lowest BCUT2D eigenvalue weighted by Gasteiger charge is -2.36. The second kappa shape index (κ2) is 11.5. The van der Waals surface area contributed by atoms with Crippen molar-refractivity contribution in [1.82, 2.24) is 24.6 Å². The summed E-state index contributed by atoms with van der Waals surface area (Å²) in [6.45, 7) is 10.4. The number of amides is 1. The van der Waals surface area contributed by atoms with Gasteiger partial charge in [-0.3, -0.25) is 9.78 Å². The predicted octanol–water partition coefficient (Wildman–Crippen LogP) is 5.26. The zero-order valence-corrected chi connectivity index (χ0v) is 23.9. The smallest absolute Gasteiger partial charge is 0.251 e. The minimum Gasteiger partial charge on any atom is -0.372 e. The molecule has 8 nitrogen and oxygen atoms in total. The van der Waals surface area contributed by atoms with Crippen molar-refractivity contribution in [3.8, 4) is 11.4 Å². The molecule has 6 rings (SSSR count). The largest absolute Gasteiger partial charge is 0.372 e. The number of aryl methyl sites for hydroxylation is 1. The van der Waals surface area contributed by atoms with Gasteiger partial charge in [-0.25, -0.2) is 14.3 Å². The Labute approximate surface area is 239 Å². The van der Waals surface area contributed by atoms with E-state index in [9.17, 15) is 4.79 Å². The minimum atomic E-state index is -0.109. The molecule has 2 unspecified atom stereocenters. The number of ether oxygens (including phenoxy) is 1. The van der Waals surface area contributed by atoms with Crippen LogP contribution in [-0.4, -0.2) is 63.6 Å². The normalized spacial score (nSPS) is 19.4. The Kier molecular flexibility index (Phi) is 7.69. The molecule has 2 atom stereocenters. The lowest BCUT2D eigenvalue weighted by Crippen LogP contribution is -2.45. The van der Waals surface area contributed by atoms with E-state index in [2.05, 4.69) is 40.3 Å². The van der Waals surface area contributed by atoms with Gasteiger partial charge < -0.3 is 15.0 Å². The third-order valence-electron chi connectivity index (χ3n) is 7.29. The maximum atomic E-state index is 13.0. The molecule has 2 aliphatic heterocycles. The van der Waals surface area contributed by atoms with Crippen LogP contribution >= 0.6 is 11.9 Å². The van der Waals surface area contributed by atoms with Gasteiger partial charge in [0.05, 0.1) is 41.4 Å². The molecule has 0 radical (unpaired) electrons. The number of rotatable bonds is 7. The summed E-state index contributed by atoms with van der Waals surface area (Å²) >= 11 is 1.73. The van der Waals surface area contributed by atoms with Crippen molar-refractivity contribution in [1.29, 1.82) is 0 Å². The summed E-state index contributed by atoms with van der Waals surface area (Å²) in [5, 5.41) is 3.97. The van der Waals surface area contributed by atoms with Crippen molar-refractivity contribution in [3.05, 3.63) is 77.6 Å². The zero-order valence-electron chi connectivity index (χ0n) is 23.1. The van der Waals surface area contributed by atoms with Gasteiger partial charge in [0.25, 0.3) is 5.91 Å². The van der Waals surface area contributed by atoms with Gasteiger partial charge in [0.1, 0.15) is 5.82 Å². The molecule has 2 saturated heterocycles. The molecule has 1 aromatic carbocycles. The van der Waals surface area contributed by atoms with Gasteiger partial charge in [0.2, 0.25) is 0 Å². The van der Waals surface area contributed by atoms with E-state index in [1.807, 2.05) is 60.8 Å². The highest BCUT2D eigenvalue weighted by Gasteiger charge is 2.23. The minimum absolute atomic E-state index is 0.109. The van der Waals surface area contributed by atoms with Crippen molar-refractivity contribution in [2.24, 2.45) is 0 Å². The van der Waals surface area contributed by atoms with Crippen LogP contribution in [0.15, 0.2) is 65.7 Å². The Hall–Kier alpha value is -3.53. The van der Waals surface area contributed by atoms with E-state index < -0.39 is 0 Å². The Bertz CT molecular complexity index is 1530. The first-order chi connectivity index (χ1) is 19.4. The number of hydrogen-bond acceptors (Lipinski definition) is 8. The Morgan fingerprint density at radius 1 is 1.02 bits per heavy atom. The van der Waals surface area contributed by atoms with E-state index in [1.54, 1.807) is 11.9 Å². The number of carbonyl (C=O) groups excluding carboxylic acids is 1. The number of fused-ring (bicyclic) bond motifs is 1. The number of morpholine rings is 1. The molecule has 1 N–H and O–H groups in total. The van der Waals surface area contributed by atoms with Crippen LogP contribution in [-0.2, 0) is 11.3 Å². The topological polar surface area (TPSA) is 83.5 Å². The molecule has 2 fully saturated rings. The van der Waals surface area contributed by atoms with Crippen molar-refractivity contribution < 1.29 is 9.53 Å². The first-order valence-corrected chi connectivity index (χ1v) is 14.6. The van der Waals surface area contributed by atoms with E-state index in [1.165, 1.54) is 12.0 Å². The van der Waals surface area contributed by atoms with Crippen LogP contribution in [0, 0.1) is 6.92 Å². The molecular formula is C31H34N6O2S. The van der Waals surface area contributed by atoms with Crippen LogP contribution in [0.4, 0.5) is 5.82 Å². The quantitative estimate of drug-likeness (QED) is 0.310. The second-order valence-corrected chi connectivity index (χ2v) is 11.8. The second-order valence-electron chi connectivity index (χ2n) is 10.6. The van der Waals surface area contributed by atoms with Crippen LogP contribution in [0.3, 0.4) is 0 Å². The summed E-state index contributed by atoms with van der Waals surface area (Å²) in [4.78, 5) is 30.7. The zero-order chi connectivity index (χ0) is 27.6. The summed E-state index contributed by atoms with van der Waals surface area (Å²) in [5.74, 6) is 0.823. The summed E-state index contributed by atoms with van der Waals surface area (Å²) < 4.78 is 8.20. The maximum Gasteiger partial charge on any atom is 0.251 e. The van der Waals surface area contributed by atoms with E-state index in [-0.39, 0.29) is 18.1 Å². The summed E-state index contributed by atoms with van der Waals surface area (Å²) in [6, 6.07) is 17.9. The fraction of sp³-hybridized carbons (Fsp3) is 0.355. The summed E-state index contributed by atoms with van der Waals surface area (Å²) in [7, 11) is 0. The number of pyridine rings is 3. The third-order valence-corrected chi connectivity index (χ3v) is 8.55. The molecule has 206 valence electrons. The van der Waals surface area contributed by atoms with Crippen LogP contribution < -0.4 is 10.2 Å². The molecular weight excluding hydrogens is 520 g/mol. The number of carbonyl (C=O) groups is 1. The number of benzene rings is 1. The highest BCUT2D eigenvalue weighted by Crippen LogP contribution is 2.30. The highest BCUT2D eigenvalue weighted by atomic mass is 32.2. The number of nitrogens with zero attached hydrogens (tertiary/aromatic N) is 5. The molecule has 9 heteroatoms. The molecule has 0 spiro atoms. The Morgan fingerprint density at radius 2 is 1.82 bits per heavy atom. The number of anilines is 1. The molecule has 0 saturated carbocycles. The fourth-order valence-corrected chi connectivity index (χ4v) is 6.15. The Balaban J connectivity index is 1.16. The summed E-state index contributed by atoms with van der Waals surface area (Å²) in [5.41, 5.74) is 5.04. The van der Waals surface area contributed by atoms with Crippen molar-refractivity contribution >= 4 is 34.6 Å². The number of hydrogen-bond donors (Lipinski definition) is 1. The lowest BCUT2D eigenvalue weighted by atomic mass is 10.1. The van der Waals surface area contributed by atoms with Crippen molar-refractivity contribution in [3.63, 3.8) is 0 Å².